The van der Waals surface area contributed by atoms with Gasteiger partial charge < -0.3 is 5.32 Å². The smallest absolute Gasteiger partial charge is 0.263 e. The number of carbonyl (C=O) groups excluding carboxylic acids is 2. The van der Waals surface area contributed by atoms with Crippen LogP contribution in [-0.4, -0.2) is 31.8 Å². The van der Waals surface area contributed by atoms with Gasteiger partial charge >= 0.3 is 0 Å². The van der Waals surface area contributed by atoms with Gasteiger partial charge in [0.05, 0.1) is 0 Å². The highest BCUT2D eigenvalue weighted by atomic mass is 35.5. The Bertz CT molecular complexity index is 670. The van der Waals surface area contributed by atoms with Crippen LogP contribution >= 0.6 is 23.4 Å². The number of nitrogens with zero attached hydrogens (tertiary/aromatic N) is 3. The van der Waals surface area contributed by atoms with Crippen molar-refractivity contribution in [1.29, 1.82) is 0 Å². The normalized spacial score (nSPS) is 17.1. The van der Waals surface area contributed by atoms with Crippen LogP contribution in [0.2, 0.25) is 5.02 Å². The standard InChI is InChI=1S/C12H9ClN4O2S/c13-7-1-3-8(4-2-7)16-10(18)5-9-11(19)17-12(20-9)14-6-15-17/h1-4,6,9H,5H2,(H,16,18)/t9-/m1/s1. The number of benzene rings is 1. The zero-order chi connectivity index (χ0) is 14.1. The van der Waals surface area contributed by atoms with Crippen LogP contribution < -0.4 is 5.32 Å². The maximum Gasteiger partial charge on any atom is 0.263 e. The lowest BCUT2D eigenvalue weighted by Crippen LogP contribution is -2.24. The molecule has 102 valence electrons. The molecule has 2 aromatic rings. The van der Waals surface area contributed by atoms with Gasteiger partial charge in [-0.2, -0.15) is 9.78 Å². The van der Waals surface area contributed by atoms with Crippen molar-refractivity contribution in [3.63, 3.8) is 0 Å². The predicted octanol–water partition coefficient (Wildman–Crippen LogP) is 2.07. The zero-order valence-corrected chi connectivity index (χ0v) is 11.7. The van der Waals surface area contributed by atoms with Crippen LogP contribution in [0.4, 0.5) is 5.69 Å². The molecule has 1 amide bonds. The Kier molecular flexibility index (Phi) is 3.45. The first-order valence-electron chi connectivity index (χ1n) is 5.80. The van der Waals surface area contributed by atoms with E-state index in [1.54, 1.807) is 24.3 Å². The fourth-order valence-electron chi connectivity index (χ4n) is 1.82. The number of thioether (sulfide) groups is 1. The first-order valence-corrected chi connectivity index (χ1v) is 7.05. The molecule has 1 atom stereocenters. The minimum Gasteiger partial charge on any atom is -0.326 e. The predicted molar refractivity (Wildman–Crippen MR) is 75.0 cm³/mol. The molecule has 1 aliphatic rings. The van der Waals surface area contributed by atoms with Crippen molar-refractivity contribution in [1.82, 2.24) is 14.8 Å². The number of aromatic nitrogens is 3. The van der Waals surface area contributed by atoms with Crippen molar-refractivity contribution in [2.24, 2.45) is 0 Å². The van der Waals surface area contributed by atoms with Gasteiger partial charge in [0, 0.05) is 17.1 Å². The fraction of sp³-hybridized carbons (Fsp3) is 0.167. The number of halogens is 1. The first-order chi connectivity index (χ1) is 9.63. The number of amides is 1. The Balaban J connectivity index is 1.62. The van der Waals surface area contributed by atoms with E-state index in [9.17, 15) is 9.59 Å². The molecule has 1 N–H and O–H groups in total. The van der Waals surface area contributed by atoms with Crippen LogP contribution in [0.5, 0.6) is 0 Å². The maximum atomic E-state index is 11.9. The van der Waals surface area contributed by atoms with Crippen molar-refractivity contribution in [2.45, 2.75) is 16.8 Å². The Morgan fingerprint density at radius 3 is 2.85 bits per heavy atom. The Morgan fingerprint density at radius 2 is 2.15 bits per heavy atom. The molecule has 1 aliphatic heterocycles. The summed E-state index contributed by atoms with van der Waals surface area (Å²) in [5.41, 5.74) is 0.644. The van der Waals surface area contributed by atoms with Gasteiger partial charge in [-0.1, -0.05) is 23.4 Å². The molecule has 0 unspecified atom stereocenters. The molecule has 2 heterocycles. The van der Waals surface area contributed by atoms with Gasteiger partial charge in [0.15, 0.2) is 5.16 Å². The van der Waals surface area contributed by atoms with E-state index in [4.69, 9.17) is 11.6 Å². The summed E-state index contributed by atoms with van der Waals surface area (Å²) in [4.78, 5) is 27.8. The minimum absolute atomic E-state index is 0.0805. The van der Waals surface area contributed by atoms with Crippen LogP contribution in [0, 0.1) is 0 Å². The monoisotopic (exact) mass is 308 g/mol. The van der Waals surface area contributed by atoms with E-state index in [0.717, 1.165) is 0 Å². The third-order valence-electron chi connectivity index (χ3n) is 2.75. The van der Waals surface area contributed by atoms with Crippen LogP contribution in [0.25, 0.3) is 0 Å². The quantitative estimate of drug-likeness (QED) is 0.939. The van der Waals surface area contributed by atoms with Crippen LogP contribution in [0.1, 0.15) is 11.2 Å². The molecule has 0 bridgehead atoms. The highest BCUT2D eigenvalue weighted by Gasteiger charge is 2.34. The summed E-state index contributed by atoms with van der Waals surface area (Å²) >= 11 is 7.02. The summed E-state index contributed by atoms with van der Waals surface area (Å²) in [6, 6.07) is 6.78. The van der Waals surface area contributed by atoms with Crippen molar-refractivity contribution in [2.75, 3.05) is 5.32 Å². The maximum absolute atomic E-state index is 11.9. The van der Waals surface area contributed by atoms with E-state index in [-0.39, 0.29) is 18.2 Å². The summed E-state index contributed by atoms with van der Waals surface area (Å²) in [6.07, 6.45) is 1.40. The SMILES string of the molecule is O=C(C[C@H]1Sc2ncnn2C1=O)Nc1ccc(Cl)cc1. The van der Waals surface area contributed by atoms with Crippen LogP contribution in [0.15, 0.2) is 35.7 Å². The highest BCUT2D eigenvalue weighted by molar-refractivity contribution is 8.00. The van der Waals surface area contributed by atoms with E-state index >= 15 is 0 Å². The third-order valence-corrected chi connectivity index (χ3v) is 4.14. The largest absolute Gasteiger partial charge is 0.326 e. The summed E-state index contributed by atoms with van der Waals surface area (Å²) in [5.74, 6) is -0.447. The first kappa shape index (κ1) is 13.1. The van der Waals surface area contributed by atoms with Crippen molar-refractivity contribution < 1.29 is 9.59 Å². The Morgan fingerprint density at radius 1 is 1.40 bits per heavy atom. The summed E-state index contributed by atoms with van der Waals surface area (Å²) in [6.45, 7) is 0. The van der Waals surface area contributed by atoms with E-state index in [0.29, 0.717) is 15.9 Å². The molecular formula is C12H9ClN4O2S. The molecule has 0 saturated carbocycles. The second kappa shape index (κ2) is 5.26. The van der Waals surface area contributed by atoms with Gasteiger partial charge in [0.25, 0.3) is 5.91 Å². The Hall–Kier alpha value is -1.86. The van der Waals surface area contributed by atoms with Gasteiger partial charge in [-0.25, -0.2) is 4.98 Å². The highest BCUT2D eigenvalue weighted by Crippen LogP contribution is 2.31. The van der Waals surface area contributed by atoms with E-state index in [1.807, 2.05) is 0 Å². The molecule has 1 aromatic heterocycles. The number of fused-ring (bicyclic) bond motifs is 1. The third kappa shape index (κ3) is 2.54. The average molecular weight is 309 g/mol. The summed E-state index contributed by atoms with van der Waals surface area (Å²) < 4.78 is 1.23. The topological polar surface area (TPSA) is 76.9 Å². The van der Waals surface area contributed by atoms with Gasteiger partial charge in [-0.05, 0) is 24.3 Å². The lowest BCUT2D eigenvalue weighted by atomic mass is 10.2. The number of rotatable bonds is 3. The van der Waals surface area contributed by atoms with Crippen molar-refractivity contribution in [3.05, 3.63) is 35.6 Å². The fourth-order valence-corrected chi connectivity index (χ4v) is 2.98. The molecule has 20 heavy (non-hydrogen) atoms. The molecule has 0 fully saturated rings. The minimum atomic E-state index is -0.474. The molecule has 8 heteroatoms. The van der Waals surface area contributed by atoms with E-state index < -0.39 is 5.25 Å². The molecule has 0 saturated heterocycles. The summed E-state index contributed by atoms with van der Waals surface area (Å²) in [7, 11) is 0. The van der Waals surface area contributed by atoms with Gasteiger partial charge in [-0.3, -0.25) is 9.59 Å². The average Bonchev–Trinajstić information content (AvgIpc) is 2.97. The van der Waals surface area contributed by atoms with Gasteiger partial charge in [-0.15, -0.1) is 0 Å². The van der Waals surface area contributed by atoms with E-state index in [2.05, 4.69) is 15.4 Å². The second-order valence-corrected chi connectivity index (χ2v) is 5.76. The summed E-state index contributed by atoms with van der Waals surface area (Å²) in [5, 5.41) is 7.19. The molecule has 6 nitrogen and oxygen atoms in total. The van der Waals surface area contributed by atoms with Gasteiger partial charge in [0.1, 0.15) is 11.6 Å². The lowest BCUT2D eigenvalue weighted by Gasteiger charge is -2.07. The number of carbonyl (C=O) groups is 2. The van der Waals surface area contributed by atoms with Gasteiger partial charge in [0.2, 0.25) is 5.91 Å². The molecule has 0 spiro atoms. The lowest BCUT2D eigenvalue weighted by molar-refractivity contribution is -0.116. The number of hydrogen-bond donors (Lipinski definition) is 1. The molecule has 1 aromatic carbocycles. The van der Waals surface area contributed by atoms with E-state index in [1.165, 1.54) is 22.8 Å². The van der Waals surface area contributed by atoms with Crippen molar-refractivity contribution in [3.8, 4) is 0 Å². The number of nitrogens with one attached hydrogen (secondary N) is 1. The number of hydrogen-bond acceptors (Lipinski definition) is 5. The Labute approximate surface area is 123 Å². The number of anilines is 1. The second-order valence-electron chi connectivity index (χ2n) is 4.16. The molecule has 3 rings (SSSR count). The molecule has 0 aliphatic carbocycles. The molecule has 0 radical (unpaired) electrons. The van der Waals surface area contributed by atoms with Crippen molar-refractivity contribution >= 4 is 40.9 Å². The molecular weight excluding hydrogens is 300 g/mol. The van der Waals surface area contributed by atoms with Crippen LogP contribution in [-0.2, 0) is 4.79 Å². The zero-order valence-electron chi connectivity index (χ0n) is 10.1. The van der Waals surface area contributed by atoms with Crippen LogP contribution in [0.3, 0.4) is 0 Å².